The number of hydrogen-bond donors (Lipinski definition) is 2. The standard InChI is InChI=1S/C21H24N2O4/c1-21(2,3)27-20(25)22-15-10-8-14(9-11-15)19(24)23-17-12-13-26-18-7-5-4-6-16(17)18/h4-11,17H,12-13H2,1-3H3,(H,22,25)(H,23,24)/t17-/m0/s1. The number of ether oxygens (including phenoxy) is 2. The summed E-state index contributed by atoms with van der Waals surface area (Å²) >= 11 is 0. The van der Waals surface area contributed by atoms with Crippen molar-refractivity contribution in [3.05, 3.63) is 59.7 Å². The number of para-hydroxylation sites is 1. The van der Waals surface area contributed by atoms with Crippen molar-refractivity contribution in [1.29, 1.82) is 0 Å². The molecule has 0 aliphatic carbocycles. The SMILES string of the molecule is CC(C)(C)OC(=O)Nc1ccc(C(=O)N[C@H]2CCOc3ccccc32)cc1. The van der Waals surface area contributed by atoms with Crippen molar-refractivity contribution in [1.82, 2.24) is 5.32 Å². The van der Waals surface area contributed by atoms with Gasteiger partial charge in [0.2, 0.25) is 0 Å². The highest BCUT2D eigenvalue weighted by Crippen LogP contribution is 2.31. The second-order valence-corrected chi connectivity index (χ2v) is 7.41. The Morgan fingerprint density at radius 1 is 1.07 bits per heavy atom. The van der Waals surface area contributed by atoms with Crippen LogP contribution in [0.15, 0.2) is 48.5 Å². The maximum Gasteiger partial charge on any atom is 0.412 e. The third-order valence-electron chi connectivity index (χ3n) is 4.06. The largest absolute Gasteiger partial charge is 0.493 e. The Morgan fingerprint density at radius 2 is 1.78 bits per heavy atom. The summed E-state index contributed by atoms with van der Waals surface area (Å²) in [5.74, 6) is 0.645. The Labute approximate surface area is 158 Å². The predicted molar refractivity (Wildman–Crippen MR) is 103 cm³/mol. The summed E-state index contributed by atoms with van der Waals surface area (Å²) in [5.41, 5.74) is 1.51. The van der Waals surface area contributed by atoms with Gasteiger partial charge in [-0.25, -0.2) is 4.79 Å². The molecule has 1 aliphatic rings. The zero-order valence-electron chi connectivity index (χ0n) is 15.7. The molecule has 0 radical (unpaired) electrons. The zero-order chi connectivity index (χ0) is 19.4. The predicted octanol–water partition coefficient (Wildman–Crippen LogP) is 4.29. The van der Waals surface area contributed by atoms with E-state index in [4.69, 9.17) is 9.47 Å². The van der Waals surface area contributed by atoms with Gasteiger partial charge in [-0.05, 0) is 51.1 Å². The summed E-state index contributed by atoms with van der Waals surface area (Å²) in [6.07, 6.45) is 0.194. The average Bonchev–Trinajstić information content (AvgIpc) is 2.61. The van der Waals surface area contributed by atoms with Crippen LogP contribution in [0.25, 0.3) is 0 Å². The fourth-order valence-electron chi connectivity index (χ4n) is 2.86. The van der Waals surface area contributed by atoms with E-state index in [1.165, 1.54) is 0 Å². The van der Waals surface area contributed by atoms with Gasteiger partial charge < -0.3 is 14.8 Å². The molecule has 27 heavy (non-hydrogen) atoms. The molecule has 2 N–H and O–H groups in total. The number of fused-ring (bicyclic) bond motifs is 1. The quantitative estimate of drug-likeness (QED) is 0.847. The van der Waals surface area contributed by atoms with E-state index in [0.717, 1.165) is 17.7 Å². The van der Waals surface area contributed by atoms with Gasteiger partial charge in [0.05, 0.1) is 12.6 Å². The van der Waals surface area contributed by atoms with E-state index in [1.807, 2.05) is 24.3 Å². The molecule has 6 heteroatoms. The van der Waals surface area contributed by atoms with Gasteiger partial charge in [0.1, 0.15) is 11.4 Å². The van der Waals surface area contributed by atoms with Crippen molar-refractivity contribution in [3.8, 4) is 5.75 Å². The lowest BCUT2D eigenvalue weighted by Crippen LogP contribution is -2.32. The van der Waals surface area contributed by atoms with E-state index in [0.29, 0.717) is 17.9 Å². The fraction of sp³-hybridized carbons (Fsp3) is 0.333. The van der Waals surface area contributed by atoms with E-state index in [9.17, 15) is 9.59 Å². The number of anilines is 1. The summed E-state index contributed by atoms with van der Waals surface area (Å²) < 4.78 is 10.8. The number of nitrogens with one attached hydrogen (secondary N) is 2. The second kappa shape index (κ2) is 7.70. The molecular weight excluding hydrogens is 344 g/mol. The molecule has 0 spiro atoms. The molecule has 6 nitrogen and oxygen atoms in total. The minimum Gasteiger partial charge on any atom is -0.493 e. The molecule has 2 amide bonds. The van der Waals surface area contributed by atoms with E-state index >= 15 is 0 Å². The van der Waals surface area contributed by atoms with Gasteiger partial charge in [-0.15, -0.1) is 0 Å². The monoisotopic (exact) mass is 368 g/mol. The average molecular weight is 368 g/mol. The Bertz CT molecular complexity index is 825. The van der Waals surface area contributed by atoms with Crippen LogP contribution in [-0.4, -0.2) is 24.2 Å². The molecular formula is C21H24N2O4. The molecule has 0 fully saturated rings. The van der Waals surface area contributed by atoms with Crippen LogP contribution in [0.3, 0.4) is 0 Å². The molecule has 1 aliphatic heterocycles. The van der Waals surface area contributed by atoms with Crippen molar-refractivity contribution in [3.63, 3.8) is 0 Å². The van der Waals surface area contributed by atoms with Gasteiger partial charge in [-0.2, -0.15) is 0 Å². The number of amides is 2. The highest BCUT2D eigenvalue weighted by Gasteiger charge is 2.23. The molecule has 1 atom stereocenters. The summed E-state index contributed by atoms with van der Waals surface area (Å²) in [6, 6.07) is 14.3. The van der Waals surface area contributed by atoms with Crippen LogP contribution in [0.2, 0.25) is 0 Å². The maximum absolute atomic E-state index is 12.6. The van der Waals surface area contributed by atoms with E-state index < -0.39 is 11.7 Å². The summed E-state index contributed by atoms with van der Waals surface area (Å²) in [5, 5.41) is 5.70. The molecule has 142 valence electrons. The number of benzene rings is 2. The Balaban J connectivity index is 1.62. The normalized spacial score (nSPS) is 15.9. The number of carbonyl (C=O) groups excluding carboxylic acids is 2. The topological polar surface area (TPSA) is 76.7 Å². The van der Waals surface area contributed by atoms with Gasteiger partial charge >= 0.3 is 6.09 Å². The first-order chi connectivity index (χ1) is 12.8. The Morgan fingerprint density at radius 3 is 2.48 bits per heavy atom. The summed E-state index contributed by atoms with van der Waals surface area (Å²) in [4.78, 5) is 24.4. The van der Waals surface area contributed by atoms with Crippen LogP contribution in [0.4, 0.5) is 10.5 Å². The van der Waals surface area contributed by atoms with Crippen LogP contribution in [0.5, 0.6) is 5.75 Å². The molecule has 0 saturated heterocycles. The van der Waals surface area contributed by atoms with Gasteiger partial charge in [0.25, 0.3) is 5.91 Å². The second-order valence-electron chi connectivity index (χ2n) is 7.41. The minimum absolute atomic E-state index is 0.0815. The van der Waals surface area contributed by atoms with Crippen molar-refractivity contribution >= 4 is 17.7 Å². The fourth-order valence-corrected chi connectivity index (χ4v) is 2.86. The zero-order valence-corrected chi connectivity index (χ0v) is 15.7. The molecule has 0 bridgehead atoms. The third-order valence-corrected chi connectivity index (χ3v) is 4.06. The van der Waals surface area contributed by atoms with E-state index in [1.54, 1.807) is 45.0 Å². The summed E-state index contributed by atoms with van der Waals surface area (Å²) in [7, 11) is 0. The molecule has 3 rings (SSSR count). The van der Waals surface area contributed by atoms with Gasteiger partial charge in [-0.3, -0.25) is 10.1 Å². The summed E-state index contributed by atoms with van der Waals surface area (Å²) in [6.45, 7) is 5.97. The smallest absolute Gasteiger partial charge is 0.412 e. The van der Waals surface area contributed by atoms with Crippen LogP contribution in [0, 0.1) is 0 Å². The van der Waals surface area contributed by atoms with Crippen molar-refractivity contribution in [2.75, 3.05) is 11.9 Å². The maximum atomic E-state index is 12.6. The lowest BCUT2D eigenvalue weighted by molar-refractivity contribution is 0.0635. The van der Waals surface area contributed by atoms with Gasteiger partial charge in [0, 0.05) is 23.2 Å². The highest BCUT2D eigenvalue weighted by atomic mass is 16.6. The molecule has 0 saturated carbocycles. The molecule has 1 heterocycles. The molecule has 2 aromatic rings. The Kier molecular flexibility index (Phi) is 5.35. The van der Waals surface area contributed by atoms with Crippen molar-refractivity contribution in [2.24, 2.45) is 0 Å². The van der Waals surface area contributed by atoms with Gasteiger partial charge in [0.15, 0.2) is 0 Å². The first kappa shape index (κ1) is 18.8. The lowest BCUT2D eigenvalue weighted by Gasteiger charge is -2.26. The van der Waals surface area contributed by atoms with Gasteiger partial charge in [-0.1, -0.05) is 18.2 Å². The Hall–Kier alpha value is -3.02. The third kappa shape index (κ3) is 5.00. The van der Waals surface area contributed by atoms with Crippen LogP contribution in [0.1, 0.15) is 49.2 Å². The van der Waals surface area contributed by atoms with Crippen LogP contribution in [-0.2, 0) is 4.74 Å². The molecule has 0 aromatic heterocycles. The van der Waals surface area contributed by atoms with Crippen LogP contribution >= 0.6 is 0 Å². The van der Waals surface area contributed by atoms with E-state index in [-0.39, 0.29) is 11.9 Å². The van der Waals surface area contributed by atoms with Crippen molar-refractivity contribution < 1.29 is 19.1 Å². The van der Waals surface area contributed by atoms with Crippen LogP contribution < -0.4 is 15.4 Å². The first-order valence-electron chi connectivity index (χ1n) is 8.94. The number of hydrogen-bond acceptors (Lipinski definition) is 4. The van der Waals surface area contributed by atoms with E-state index in [2.05, 4.69) is 10.6 Å². The molecule has 2 aromatic carbocycles. The minimum atomic E-state index is -0.566. The van der Waals surface area contributed by atoms with Crippen molar-refractivity contribution in [2.45, 2.75) is 38.8 Å². The molecule has 0 unspecified atom stereocenters. The lowest BCUT2D eigenvalue weighted by atomic mass is 10.00. The first-order valence-corrected chi connectivity index (χ1v) is 8.94. The number of carbonyl (C=O) groups is 2. The number of rotatable bonds is 3. The highest BCUT2D eigenvalue weighted by molar-refractivity contribution is 5.95.